The first-order valence-electron chi connectivity index (χ1n) is 9.65. The van der Waals surface area contributed by atoms with Gasteiger partial charge in [0, 0.05) is 44.2 Å². The Balaban J connectivity index is 1.35. The number of nitrogens with one attached hydrogen (secondary N) is 1. The molecule has 1 N–H and O–H groups in total. The molecule has 1 atom stereocenters. The summed E-state index contributed by atoms with van der Waals surface area (Å²) in [5.74, 6) is 0.785. The predicted molar refractivity (Wildman–Crippen MR) is 105 cm³/mol. The average molecular weight is 377 g/mol. The molecular formula is C19H28N4O2S. The molecular weight excluding hydrogens is 348 g/mol. The highest BCUT2D eigenvalue weighted by Crippen LogP contribution is 2.25. The van der Waals surface area contributed by atoms with Gasteiger partial charge in [0.05, 0.1) is 18.0 Å². The average Bonchev–Trinajstić information content (AvgIpc) is 2.92. The van der Waals surface area contributed by atoms with Crippen LogP contribution in [0.15, 0.2) is 4.79 Å². The van der Waals surface area contributed by atoms with Gasteiger partial charge in [-0.25, -0.2) is 4.98 Å². The van der Waals surface area contributed by atoms with Gasteiger partial charge < -0.3 is 9.72 Å². The SMILES string of the molecule is Cc1sc2nc(CN3CCN(C[C@@H]4CCCCO4)CC3)[nH]c(=O)c2c1C. The number of aryl methyl sites for hydroxylation is 2. The number of rotatable bonds is 4. The Morgan fingerprint density at radius 3 is 2.69 bits per heavy atom. The van der Waals surface area contributed by atoms with E-state index in [2.05, 4.69) is 21.7 Å². The second-order valence-corrected chi connectivity index (χ2v) is 8.74. The van der Waals surface area contributed by atoms with Crippen LogP contribution in [-0.4, -0.2) is 65.2 Å². The van der Waals surface area contributed by atoms with E-state index in [4.69, 9.17) is 9.72 Å². The second kappa shape index (κ2) is 7.76. The van der Waals surface area contributed by atoms with Crippen LogP contribution in [0.3, 0.4) is 0 Å². The Kier molecular flexibility index (Phi) is 5.40. The fourth-order valence-corrected chi connectivity index (χ4v) is 5.00. The van der Waals surface area contributed by atoms with Crippen LogP contribution in [-0.2, 0) is 11.3 Å². The molecule has 7 heteroatoms. The fourth-order valence-electron chi connectivity index (χ4n) is 3.96. The lowest BCUT2D eigenvalue weighted by Crippen LogP contribution is -2.49. The van der Waals surface area contributed by atoms with Gasteiger partial charge in [-0.2, -0.15) is 0 Å². The van der Waals surface area contributed by atoms with Gasteiger partial charge >= 0.3 is 0 Å². The molecule has 4 heterocycles. The first kappa shape index (κ1) is 18.1. The van der Waals surface area contributed by atoms with Crippen molar-refractivity contribution in [3.8, 4) is 0 Å². The van der Waals surface area contributed by atoms with E-state index in [0.29, 0.717) is 6.10 Å². The van der Waals surface area contributed by atoms with Gasteiger partial charge in [0.2, 0.25) is 0 Å². The minimum atomic E-state index is -0.0000618. The van der Waals surface area contributed by atoms with Crippen molar-refractivity contribution < 1.29 is 4.74 Å². The van der Waals surface area contributed by atoms with E-state index < -0.39 is 0 Å². The van der Waals surface area contributed by atoms with Crippen molar-refractivity contribution in [3.05, 3.63) is 26.6 Å². The lowest BCUT2D eigenvalue weighted by atomic mass is 10.1. The van der Waals surface area contributed by atoms with E-state index in [1.165, 1.54) is 24.1 Å². The summed E-state index contributed by atoms with van der Waals surface area (Å²) in [5.41, 5.74) is 1.06. The maximum atomic E-state index is 12.4. The first-order valence-corrected chi connectivity index (χ1v) is 10.5. The van der Waals surface area contributed by atoms with Crippen molar-refractivity contribution in [2.24, 2.45) is 0 Å². The van der Waals surface area contributed by atoms with Crippen LogP contribution < -0.4 is 5.56 Å². The molecule has 2 aliphatic rings. The lowest BCUT2D eigenvalue weighted by Gasteiger charge is -2.36. The number of thiophene rings is 1. The summed E-state index contributed by atoms with van der Waals surface area (Å²) in [6.07, 6.45) is 4.13. The Hall–Kier alpha value is -1.28. The molecule has 26 heavy (non-hydrogen) atoms. The van der Waals surface area contributed by atoms with Gasteiger partial charge in [-0.05, 0) is 38.7 Å². The maximum absolute atomic E-state index is 12.4. The van der Waals surface area contributed by atoms with E-state index in [0.717, 1.165) is 67.5 Å². The number of aromatic nitrogens is 2. The molecule has 0 bridgehead atoms. The molecule has 0 aliphatic carbocycles. The molecule has 142 valence electrons. The largest absolute Gasteiger partial charge is 0.377 e. The number of piperazine rings is 1. The fraction of sp³-hybridized carbons (Fsp3) is 0.684. The number of nitrogens with zero attached hydrogens (tertiary/aromatic N) is 3. The van der Waals surface area contributed by atoms with Crippen LogP contribution in [0.5, 0.6) is 0 Å². The summed E-state index contributed by atoms with van der Waals surface area (Å²) in [6, 6.07) is 0. The minimum Gasteiger partial charge on any atom is -0.377 e. The van der Waals surface area contributed by atoms with Crippen LogP contribution in [0.1, 0.15) is 35.5 Å². The molecule has 0 aromatic carbocycles. The quantitative estimate of drug-likeness (QED) is 0.887. The molecule has 0 unspecified atom stereocenters. The summed E-state index contributed by atoms with van der Waals surface area (Å²) in [7, 11) is 0. The minimum absolute atomic E-state index is 0.0000618. The van der Waals surface area contributed by atoms with E-state index in [-0.39, 0.29) is 5.56 Å². The van der Waals surface area contributed by atoms with Crippen LogP contribution in [0, 0.1) is 13.8 Å². The Labute approximate surface area is 158 Å². The number of hydrogen-bond acceptors (Lipinski definition) is 6. The second-order valence-electron chi connectivity index (χ2n) is 7.54. The number of H-pyrrole nitrogens is 1. The van der Waals surface area contributed by atoms with E-state index in [1.807, 2.05) is 6.92 Å². The summed E-state index contributed by atoms with van der Waals surface area (Å²) in [5, 5.41) is 0.758. The maximum Gasteiger partial charge on any atom is 0.259 e. The zero-order valence-electron chi connectivity index (χ0n) is 15.7. The predicted octanol–water partition coefficient (Wildman–Crippen LogP) is 2.29. The highest BCUT2D eigenvalue weighted by atomic mass is 32.1. The number of fused-ring (bicyclic) bond motifs is 1. The Morgan fingerprint density at radius 2 is 1.96 bits per heavy atom. The third-order valence-corrected chi connectivity index (χ3v) is 6.76. The molecule has 0 saturated carbocycles. The third kappa shape index (κ3) is 3.86. The van der Waals surface area contributed by atoms with Gasteiger partial charge in [0.1, 0.15) is 10.7 Å². The molecule has 6 nitrogen and oxygen atoms in total. The number of hydrogen-bond donors (Lipinski definition) is 1. The van der Waals surface area contributed by atoms with Gasteiger partial charge in [-0.3, -0.25) is 14.6 Å². The summed E-state index contributed by atoms with van der Waals surface area (Å²) < 4.78 is 5.86. The molecule has 4 rings (SSSR count). The summed E-state index contributed by atoms with van der Waals surface area (Å²) in [4.78, 5) is 27.1. The highest BCUT2D eigenvalue weighted by Gasteiger charge is 2.22. The van der Waals surface area contributed by atoms with Crippen molar-refractivity contribution in [1.29, 1.82) is 0 Å². The Bertz CT molecular complexity index is 817. The molecule has 2 aromatic heterocycles. The normalized spacial score (nSPS) is 22.9. The van der Waals surface area contributed by atoms with Crippen LogP contribution in [0.2, 0.25) is 0 Å². The van der Waals surface area contributed by atoms with E-state index in [1.54, 1.807) is 11.3 Å². The summed E-state index contributed by atoms with van der Waals surface area (Å²) >= 11 is 1.62. The topological polar surface area (TPSA) is 61.5 Å². The van der Waals surface area contributed by atoms with Crippen molar-refractivity contribution >= 4 is 21.6 Å². The van der Waals surface area contributed by atoms with Crippen LogP contribution in [0.25, 0.3) is 10.2 Å². The standard InChI is InChI=1S/C19H28N4O2S/c1-13-14(2)26-19-17(13)18(24)20-16(21-19)12-23-8-6-22(7-9-23)11-15-5-3-4-10-25-15/h15H,3-12H2,1-2H3,(H,20,21,24)/t15-/m0/s1. The van der Waals surface area contributed by atoms with Gasteiger partial charge in [0.15, 0.2) is 0 Å². The summed E-state index contributed by atoms with van der Waals surface area (Å²) in [6.45, 7) is 10.9. The molecule has 2 aliphatic heterocycles. The third-order valence-electron chi connectivity index (χ3n) is 5.66. The smallest absolute Gasteiger partial charge is 0.259 e. The van der Waals surface area contributed by atoms with Crippen molar-refractivity contribution in [2.45, 2.75) is 45.8 Å². The van der Waals surface area contributed by atoms with Gasteiger partial charge in [-0.15, -0.1) is 11.3 Å². The van der Waals surface area contributed by atoms with Crippen molar-refractivity contribution in [2.75, 3.05) is 39.3 Å². The zero-order chi connectivity index (χ0) is 18.1. The Morgan fingerprint density at radius 1 is 1.19 bits per heavy atom. The zero-order valence-corrected chi connectivity index (χ0v) is 16.5. The molecule has 2 aromatic rings. The highest BCUT2D eigenvalue weighted by molar-refractivity contribution is 7.18. The number of ether oxygens (including phenoxy) is 1. The molecule has 0 radical (unpaired) electrons. The number of aromatic amines is 1. The molecule has 2 saturated heterocycles. The first-order chi connectivity index (χ1) is 12.6. The van der Waals surface area contributed by atoms with E-state index >= 15 is 0 Å². The van der Waals surface area contributed by atoms with E-state index in [9.17, 15) is 4.79 Å². The van der Waals surface area contributed by atoms with Crippen molar-refractivity contribution in [1.82, 2.24) is 19.8 Å². The molecule has 0 amide bonds. The van der Waals surface area contributed by atoms with Gasteiger partial charge in [-0.1, -0.05) is 0 Å². The molecule has 2 fully saturated rings. The lowest BCUT2D eigenvalue weighted by molar-refractivity contribution is -0.0147. The molecule has 0 spiro atoms. The van der Waals surface area contributed by atoms with Gasteiger partial charge in [0.25, 0.3) is 5.56 Å². The van der Waals surface area contributed by atoms with Crippen molar-refractivity contribution in [3.63, 3.8) is 0 Å². The van der Waals surface area contributed by atoms with Crippen LogP contribution >= 0.6 is 11.3 Å². The monoisotopic (exact) mass is 376 g/mol. The van der Waals surface area contributed by atoms with Crippen LogP contribution in [0.4, 0.5) is 0 Å².